The first-order valence-electron chi connectivity index (χ1n) is 9.17. The molecule has 3 N–H and O–H groups in total. The number of carbonyl (C=O) groups excluding carboxylic acids is 2. The lowest BCUT2D eigenvalue weighted by atomic mass is 10.0. The molecule has 7 heteroatoms. The molecule has 0 aliphatic carbocycles. The number of aliphatic hydroxyl groups is 1. The molecular weight excluding hydrogens is 334 g/mol. The number of aromatic nitrogens is 1. The van der Waals surface area contributed by atoms with Crippen LogP contribution in [0, 0.1) is 5.92 Å². The van der Waals surface area contributed by atoms with Crippen LogP contribution in [0.15, 0.2) is 24.5 Å². The van der Waals surface area contributed by atoms with E-state index < -0.39 is 24.1 Å². The van der Waals surface area contributed by atoms with E-state index in [1.54, 1.807) is 18.5 Å². The van der Waals surface area contributed by atoms with Crippen LogP contribution < -0.4 is 10.6 Å². The lowest BCUT2D eigenvalue weighted by Crippen LogP contribution is -2.51. The second-order valence-corrected chi connectivity index (χ2v) is 6.77. The SMILES string of the molecule is CCCC[C@H](NC(=O)OC(C)C(C)C)C(O)C(=O)NCc1cccnc1. The fourth-order valence-electron chi connectivity index (χ4n) is 2.20. The van der Waals surface area contributed by atoms with Crippen molar-refractivity contribution in [2.45, 2.75) is 71.8 Å². The summed E-state index contributed by atoms with van der Waals surface area (Å²) >= 11 is 0. The number of hydrogen-bond acceptors (Lipinski definition) is 5. The van der Waals surface area contributed by atoms with Crippen molar-refractivity contribution in [3.63, 3.8) is 0 Å². The molecule has 1 heterocycles. The number of nitrogens with one attached hydrogen (secondary N) is 2. The van der Waals surface area contributed by atoms with E-state index in [4.69, 9.17) is 4.74 Å². The van der Waals surface area contributed by atoms with Gasteiger partial charge in [0.25, 0.3) is 5.91 Å². The van der Waals surface area contributed by atoms with Crippen molar-refractivity contribution in [1.29, 1.82) is 0 Å². The van der Waals surface area contributed by atoms with E-state index in [-0.39, 0.29) is 18.6 Å². The second kappa shape index (κ2) is 11.5. The molecule has 2 unspecified atom stereocenters. The van der Waals surface area contributed by atoms with Crippen LogP contribution in [0.4, 0.5) is 4.79 Å². The molecule has 1 aromatic heterocycles. The molecule has 3 atom stereocenters. The number of unbranched alkanes of at least 4 members (excludes halogenated alkanes) is 1. The van der Waals surface area contributed by atoms with Gasteiger partial charge in [-0.2, -0.15) is 0 Å². The zero-order chi connectivity index (χ0) is 19.5. The Morgan fingerprint density at radius 3 is 2.62 bits per heavy atom. The number of alkyl carbamates (subject to hydrolysis) is 1. The topological polar surface area (TPSA) is 101 Å². The monoisotopic (exact) mass is 365 g/mol. The van der Waals surface area contributed by atoms with E-state index in [2.05, 4.69) is 15.6 Å². The number of ether oxygens (including phenoxy) is 1. The van der Waals surface area contributed by atoms with Crippen molar-refractivity contribution in [1.82, 2.24) is 15.6 Å². The zero-order valence-corrected chi connectivity index (χ0v) is 16.1. The lowest BCUT2D eigenvalue weighted by Gasteiger charge is -2.25. The van der Waals surface area contributed by atoms with Gasteiger partial charge in [0.15, 0.2) is 6.10 Å². The standard InChI is InChI=1S/C19H31N3O4/c1-5-6-9-16(22-19(25)26-14(4)13(2)3)17(23)18(24)21-12-15-8-7-10-20-11-15/h7-8,10-11,13-14,16-17,23H,5-6,9,12H2,1-4H3,(H,21,24)(H,22,25)/t14?,16-,17?/m0/s1. The molecule has 0 saturated carbocycles. The van der Waals surface area contributed by atoms with Crippen LogP contribution in [0.3, 0.4) is 0 Å². The average molecular weight is 365 g/mol. The van der Waals surface area contributed by atoms with Crippen LogP contribution in [0.5, 0.6) is 0 Å². The number of hydrogen-bond donors (Lipinski definition) is 3. The van der Waals surface area contributed by atoms with Gasteiger partial charge in [-0.3, -0.25) is 9.78 Å². The average Bonchev–Trinajstić information content (AvgIpc) is 2.63. The zero-order valence-electron chi connectivity index (χ0n) is 16.1. The van der Waals surface area contributed by atoms with Gasteiger partial charge in [0, 0.05) is 18.9 Å². The Morgan fingerprint density at radius 2 is 2.04 bits per heavy atom. The Hall–Kier alpha value is -2.15. The van der Waals surface area contributed by atoms with Crippen molar-refractivity contribution in [3.05, 3.63) is 30.1 Å². The van der Waals surface area contributed by atoms with Crippen LogP contribution >= 0.6 is 0 Å². The van der Waals surface area contributed by atoms with Crippen LogP contribution in [-0.4, -0.2) is 40.3 Å². The van der Waals surface area contributed by atoms with E-state index in [1.807, 2.05) is 33.8 Å². The molecule has 0 bridgehead atoms. The summed E-state index contributed by atoms with van der Waals surface area (Å²) in [7, 11) is 0. The Labute approximate surface area is 155 Å². The maximum Gasteiger partial charge on any atom is 0.407 e. The number of aliphatic hydroxyl groups excluding tert-OH is 1. The van der Waals surface area contributed by atoms with Crippen molar-refractivity contribution < 1.29 is 19.4 Å². The van der Waals surface area contributed by atoms with Gasteiger partial charge in [-0.05, 0) is 30.9 Å². The molecule has 1 aromatic rings. The first kappa shape index (κ1) is 21.9. The van der Waals surface area contributed by atoms with Crippen LogP contribution in [-0.2, 0) is 16.1 Å². The third-order valence-electron chi connectivity index (χ3n) is 4.24. The summed E-state index contributed by atoms with van der Waals surface area (Å²) in [5.41, 5.74) is 0.830. The van der Waals surface area contributed by atoms with Gasteiger partial charge in [0.2, 0.25) is 0 Å². The first-order valence-corrected chi connectivity index (χ1v) is 9.17. The van der Waals surface area contributed by atoms with Gasteiger partial charge < -0.3 is 20.5 Å². The minimum absolute atomic E-state index is 0.183. The molecule has 0 aromatic carbocycles. The van der Waals surface area contributed by atoms with Gasteiger partial charge >= 0.3 is 6.09 Å². The van der Waals surface area contributed by atoms with Crippen molar-refractivity contribution in [2.24, 2.45) is 5.92 Å². The van der Waals surface area contributed by atoms with Gasteiger partial charge in [-0.15, -0.1) is 0 Å². The minimum atomic E-state index is -1.35. The van der Waals surface area contributed by atoms with E-state index in [0.717, 1.165) is 18.4 Å². The normalized spacial score (nSPS) is 14.4. The highest BCUT2D eigenvalue weighted by atomic mass is 16.6. The predicted octanol–water partition coefficient (Wildman–Crippen LogP) is 2.39. The van der Waals surface area contributed by atoms with Gasteiger partial charge in [-0.25, -0.2) is 4.79 Å². The van der Waals surface area contributed by atoms with Crippen LogP contribution in [0.25, 0.3) is 0 Å². The Bertz CT molecular complexity index is 551. The summed E-state index contributed by atoms with van der Waals surface area (Å²) in [4.78, 5) is 28.3. The van der Waals surface area contributed by atoms with Gasteiger partial charge in [0.1, 0.15) is 6.10 Å². The highest BCUT2D eigenvalue weighted by Crippen LogP contribution is 2.09. The summed E-state index contributed by atoms with van der Waals surface area (Å²) < 4.78 is 5.28. The maximum absolute atomic E-state index is 12.3. The summed E-state index contributed by atoms with van der Waals surface area (Å²) in [6.45, 7) is 7.98. The summed E-state index contributed by atoms with van der Waals surface area (Å²) in [6.07, 6.45) is 3.23. The number of rotatable bonds is 10. The van der Waals surface area contributed by atoms with E-state index in [0.29, 0.717) is 6.42 Å². The smallest absolute Gasteiger partial charge is 0.407 e. The summed E-state index contributed by atoms with van der Waals surface area (Å²) in [5, 5.41) is 15.7. The molecule has 1 rings (SSSR count). The van der Waals surface area contributed by atoms with Crippen LogP contribution in [0.2, 0.25) is 0 Å². The lowest BCUT2D eigenvalue weighted by molar-refractivity contribution is -0.131. The fraction of sp³-hybridized carbons (Fsp3) is 0.632. The third kappa shape index (κ3) is 7.82. The maximum atomic E-state index is 12.3. The molecule has 0 aliphatic rings. The summed E-state index contributed by atoms with van der Waals surface area (Å²) in [5.74, 6) is -0.352. The Morgan fingerprint density at radius 1 is 1.31 bits per heavy atom. The first-order chi connectivity index (χ1) is 12.3. The van der Waals surface area contributed by atoms with E-state index >= 15 is 0 Å². The van der Waals surface area contributed by atoms with Crippen LogP contribution in [0.1, 0.15) is 52.5 Å². The molecule has 7 nitrogen and oxygen atoms in total. The highest BCUT2D eigenvalue weighted by Gasteiger charge is 2.28. The molecule has 0 spiro atoms. The molecule has 0 saturated heterocycles. The number of pyridine rings is 1. The number of carbonyl (C=O) groups is 2. The van der Waals surface area contributed by atoms with Crippen molar-refractivity contribution in [3.8, 4) is 0 Å². The van der Waals surface area contributed by atoms with E-state index in [9.17, 15) is 14.7 Å². The number of nitrogens with zero attached hydrogens (tertiary/aromatic N) is 1. The Kier molecular flexibility index (Phi) is 9.65. The Balaban J connectivity index is 2.61. The summed E-state index contributed by atoms with van der Waals surface area (Å²) in [6, 6.07) is 2.91. The molecule has 2 amide bonds. The van der Waals surface area contributed by atoms with Crippen molar-refractivity contribution >= 4 is 12.0 Å². The molecule has 0 aliphatic heterocycles. The third-order valence-corrected chi connectivity index (χ3v) is 4.24. The molecular formula is C19H31N3O4. The fourth-order valence-corrected chi connectivity index (χ4v) is 2.20. The largest absolute Gasteiger partial charge is 0.446 e. The molecule has 146 valence electrons. The molecule has 0 radical (unpaired) electrons. The van der Waals surface area contributed by atoms with E-state index in [1.165, 1.54) is 0 Å². The van der Waals surface area contributed by atoms with Gasteiger partial charge in [-0.1, -0.05) is 39.7 Å². The van der Waals surface area contributed by atoms with Crippen molar-refractivity contribution in [2.75, 3.05) is 0 Å². The second-order valence-electron chi connectivity index (χ2n) is 6.77. The minimum Gasteiger partial charge on any atom is -0.446 e. The highest BCUT2D eigenvalue weighted by molar-refractivity contribution is 5.82. The predicted molar refractivity (Wildman–Crippen MR) is 99.3 cm³/mol. The quantitative estimate of drug-likeness (QED) is 0.591. The number of amides is 2. The van der Waals surface area contributed by atoms with Gasteiger partial charge in [0.05, 0.1) is 6.04 Å². The molecule has 0 fully saturated rings. The molecule has 26 heavy (non-hydrogen) atoms.